The predicted molar refractivity (Wildman–Crippen MR) is 178 cm³/mol. The van der Waals surface area contributed by atoms with Crippen LogP contribution in [0.25, 0.3) is 0 Å². The average molecular weight is 676 g/mol. The van der Waals surface area contributed by atoms with Gasteiger partial charge in [-0.1, -0.05) is 76.0 Å². The lowest BCUT2D eigenvalue weighted by Crippen LogP contribution is -2.49. The molecule has 1 spiro atoms. The Morgan fingerprint density at radius 2 is 1.83 bits per heavy atom. The van der Waals surface area contributed by atoms with E-state index in [2.05, 4.69) is 36.7 Å². The molecule has 11 heteroatoms. The molecule has 0 bridgehead atoms. The second-order valence-electron chi connectivity index (χ2n) is 14.7. The zero-order chi connectivity index (χ0) is 33.6. The fourth-order valence-corrected chi connectivity index (χ4v) is 7.92. The van der Waals surface area contributed by atoms with Crippen molar-refractivity contribution in [3.63, 3.8) is 0 Å². The number of fused-ring (bicyclic) bond motifs is 2. The van der Waals surface area contributed by atoms with Crippen molar-refractivity contribution in [2.75, 3.05) is 5.32 Å². The number of nitrogens with two attached hydrogens (primary N) is 1. The van der Waals surface area contributed by atoms with Crippen molar-refractivity contribution < 1.29 is 23.5 Å². The third-order valence-electron chi connectivity index (χ3n) is 9.76. The van der Waals surface area contributed by atoms with Crippen LogP contribution in [0.5, 0.6) is 0 Å². The van der Waals surface area contributed by atoms with Crippen LogP contribution in [0.1, 0.15) is 90.2 Å². The Balaban J connectivity index is 1.42. The average Bonchev–Trinajstić information content (AvgIpc) is 3.42. The molecule has 2 aromatic carbocycles. The first-order valence-electron chi connectivity index (χ1n) is 16.2. The zero-order valence-electron chi connectivity index (χ0n) is 27.1. The molecule has 1 saturated carbocycles. The first kappa shape index (κ1) is 34.6. The van der Waals surface area contributed by atoms with Crippen LogP contribution in [0.15, 0.2) is 36.4 Å². The van der Waals surface area contributed by atoms with Gasteiger partial charge in [-0.15, -0.1) is 0 Å². The normalized spacial score (nSPS) is 28.2. The molecule has 2 aromatic rings. The number of carbonyl (C=O) groups is 3. The summed E-state index contributed by atoms with van der Waals surface area (Å²) in [5.74, 6) is -2.21. The molecule has 46 heavy (non-hydrogen) atoms. The Morgan fingerprint density at radius 3 is 2.48 bits per heavy atom. The van der Waals surface area contributed by atoms with Crippen LogP contribution in [0, 0.1) is 17.2 Å². The number of anilines is 1. The van der Waals surface area contributed by atoms with Gasteiger partial charge in [0.2, 0.25) is 11.8 Å². The van der Waals surface area contributed by atoms with Crippen molar-refractivity contribution in [1.82, 2.24) is 10.6 Å². The van der Waals surface area contributed by atoms with E-state index < -0.39 is 41.2 Å². The largest absolute Gasteiger partial charge is 0.461 e. The molecule has 0 radical (unpaired) electrons. The van der Waals surface area contributed by atoms with Crippen LogP contribution in [-0.2, 0) is 24.5 Å². The van der Waals surface area contributed by atoms with Crippen LogP contribution in [-0.4, -0.2) is 48.1 Å². The van der Waals surface area contributed by atoms with Crippen LogP contribution >= 0.6 is 23.2 Å². The van der Waals surface area contributed by atoms with Gasteiger partial charge in [0.05, 0.1) is 5.02 Å². The topological polar surface area (TPSA) is 123 Å². The van der Waals surface area contributed by atoms with Gasteiger partial charge < -0.3 is 26.4 Å². The number of hydrogen-bond donors (Lipinski definition) is 4. The Labute approximate surface area is 280 Å². The van der Waals surface area contributed by atoms with Crippen molar-refractivity contribution in [2.45, 2.75) is 115 Å². The van der Waals surface area contributed by atoms with E-state index >= 15 is 4.39 Å². The Bertz CT molecular complexity index is 1490. The molecule has 8 nitrogen and oxygen atoms in total. The summed E-state index contributed by atoms with van der Waals surface area (Å²) in [4.78, 5) is 40.3. The number of hydrogen-bond acceptors (Lipinski definition) is 6. The lowest BCUT2D eigenvalue weighted by atomic mass is 9.62. The molecule has 5 N–H and O–H groups in total. The zero-order valence-corrected chi connectivity index (χ0v) is 28.6. The van der Waals surface area contributed by atoms with Crippen LogP contribution in [0.4, 0.5) is 10.1 Å². The number of benzene rings is 2. The van der Waals surface area contributed by atoms with E-state index in [-0.39, 0.29) is 52.3 Å². The second-order valence-corrected chi connectivity index (χ2v) is 15.5. The molecule has 2 aliphatic heterocycles. The summed E-state index contributed by atoms with van der Waals surface area (Å²) in [6.45, 7) is 10.0. The minimum atomic E-state index is -1.22. The van der Waals surface area contributed by atoms with E-state index in [1.54, 1.807) is 24.3 Å². The summed E-state index contributed by atoms with van der Waals surface area (Å²) in [7, 11) is 0. The predicted octanol–water partition coefficient (Wildman–Crippen LogP) is 6.23. The molecule has 2 amide bonds. The van der Waals surface area contributed by atoms with Crippen molar-refractivity contribution in [3.05, 3.63) is 63.4 Å². The summed E-state index contributed by atoms with van der Waals surface area (Å²) in [5, 5.41) is 10.3. The number of halogens is 3. The first-order valence-corrected chi connectivity index (χ1v) is 16.9. The van der Waals surface area contributed by atoms with Gasteiger partial charge in [-0.25, -0.2) is 4.39 Å². The van der Waals surface area contributed by atoms with Crippen molar-refractivity contribution in [3.8, 4) is 0 Å². The third-order valence-corrected chi connectivity index (χ3v) is 10.3. The number of nitrogens with one attached hydrogen (secondary N) is 3. The fraction of sp³-hybridized carbons (Fsp3) is 0.571. The van der Waals surface area contributed by atoms with Crippen molar-refractivity contribution in [2.24, 2.45) is 17.1 Å². The van der Waals surface area contributed by atoms with E-state index in [1.165, 1.54) is 6.07 Å². The lowest BCUT2D eigenvalue weighted by molar-refractivity contribution is -0.153. The first-order chi connectivity index (χ1) is 21.6. The van der Waals surface area contributed by atoms with Gasteiger partial charge in [0.1, 0.15) is 23.4 Å². The number of rotatable bonds is 8. The monoisotopic (exact) mass is 674 g/mol. The van der Waals surface area contributed by atoms with Crippen LogP contribution in [0.3, 0.4) is 0 Å². The third kappa shape index (κ3) is 6.80. The highest BCUT2D eigenvalue weighted by atomic mass is 35.5. The van der Waals surface area contributed by atoms with Gasteiger partial charge in [0.25, 0.3) is 0 Å². The van der Waals surface area contributed by atoms with Gasteiger partial charge in [-0.3, -0.25) is 14.4 Å². The van der Waals surface area contributed by atoms with E-state index in [4.69, 9.17) is 33.7 Å². The molecule has 5 rings (SSSR count). The molecule has 5 atom stereocenters. The Hall–Kier alpha value is -2.72. The minimum absolute atomic E-state index is 0.0136. The lowest BCUT2D eigenvalue weighted by Gasteiger charge is -2.38. The summed E-state index contributed by atoms with van der Waals surface area (Å²) in [5.41, 5.74) is 6.12. The maximum Gasteiger partial charge on any atom is 0.323 e. The van der Waals surface area contributed by atoms with Gasteiger partial charge in [-0.2, -0.15) is 0 Å². The number of amides is 2. The molecule has 5 unspecified atom stereocenters. The number of ether oxygens (including phenoxy) is 1. The molecule has 1 aliphatic carbocycles. The minimum Gasteiger partial charge on any atom is -0.461 e. The molecular formula is C35H45Cl2FN4O4. The van der Waals surface area contributed by atoms with E-state index in [0.29, 0.717) is 42.8 Å². The molecule has 1 saturated heterocycles. The Morgan fingerprint density at radius 1 is 1.13 bits per heavy atom. The van der Waals surface area contributed by atoms with Crippen LogP contribution < -0.4 is 21.7 Å². The maximum atomic E-state index is 16.0. The van der Waals surface area contributed by atoms with Gasteiger partial charge >= 0.3 is 5.97 Å². The maximum absolute atomic E-state index is 16.0. The molecule has 2 fully saturated rings. The number of esters is 1. The summed E-state index contributed by atoms with van der Waals surface area (Å²) in [6, 6.07) is 8.36. The Kier molecular flexibility index (Phi) is 10.1. The molecular weight excluding hydrogens is 630 g/mol. The van der Waals surface area contributed by atoms with Crippen LogP contribution in [0.2, 0.25) is 10.0 Å². The second kappa shape index (κ2) is 13.4. The summed E-state index contributed by atoms with van der Waals surface area (Å²) in [6.07, 6.45) is 2.92. The van der Waals surface area contributed by atoms with Gasteiger partial charge in [0.15, 0.2) is 0 Å². The van der Waals surface area contributed by atoms with Gasteiger partial charge in [0, 0.05) is 41.2 Å². The SMILES string of the molecule is CC(C)C(N)C(=O)OC1CCC(NC(=O)CC2NC(CC(C)(C)C)C3(C(=O)Nc4cc(Cl)ccc43)C2c2cccc(Cl)c2F)CC1. The van der Waals surface area contributed by atoms with E-state index in [0.717, 1.165) is 5.56 Å². The fourth-order valence-electron chi connectivity index (χ4n) is 7.56. The molecule has 3 aliphatic rings. The van der Waals surface area contributed by atoms with Gasteiger partial charge in [-0.05, 0) is 72.8 Å². The molecule has 250 valence electrons. The quantitative estimate of drug-likeness (QED) is 0.246. The van der Waals surface area contributed by atoms with Crippen molar-refractivity contribution in [1.29, 1.82) is 0 Å². The highest BCUT2D eigenvalue weighted by Crippen LogP contribution is 2.57. The summed E-state index contributed by atoms with van der Waals surface area (Å²) >= 11 is 12.6. The summed E-state index contributed by atoms with van der Waals surface area (Å²) < 4.78 is 21.6. The standard InChI is InChI=1S/C35H45Cl2FN4O4/c1-18(2)31(39)32(44)46-21-12-10-20(11-13-21)40-28(43)16-26-29(22-7-6-8-24(37)30(22)38)35(27(41-26)17-34(3,4)5)23-14-9-19(36)15-25(23)42-33(35)45/h6-9,14-15,18,20-21,26-27,29,31,41H,10-13,16-17,39H2,1-5H3,(H,40,43)(H,42,45). The van der Waals surface area contributed by atoms with E-state index in [9.17, 15) is 14.4 Å². The smallest absolute Gasteiger partial charge is 0.323 e. The number of carbonyl (C=O) groups excluding carboxylic acids is 3. The molecule has 2 heterocycles. The highest BCUT2D eigenvalue weighted by Gasteiger charge is 2.65. The van der Waals surface area contributed by atoms with Crippen molar-refractivity contribution >= 4 is 46.7 Å². The van der Waals surface area contributed by atoms with E-state index in [1.807, 2.05) is 19.9 Å². The highest BCUT2D eigenvalue weighted by molar-refractivity contribution is 6.31. The molecule has 0 aromatic heterocycles.